The van der Waals surface area contributed by atoms with Crippen molar-refractivity contribution in [1.29, 1.82) is 0 Å². The Balaban J connectivity index is 2.10. The van der Waals surface area contributed by atoms with Crippen molar-refractivity contribution >= 4 is 11.6 Å². The van der Waals surface area contributed by atoms with Crippen LogP contribution in [0.3, 0.4) is 0 Å². The molecule has 0 bridgehead atoms. The van der Waals surface area contributed by atoms with E-state index in [9.17, 15) is 14.3 Å². The average Bonchev–Trinajstić information content (AvgIpc) is 2.43. The molecule has 2 aromatic rings. The lowest BCUT2D eigenvalue weighted by atomic mass is 10.1. The molecule has 3 nitrogen and oxygen atoms in total. The lowest BCUT2D eigenvalue weighted by Gasteiger charge is -2.12. The summed E-state index contributed by atoms with van der Waals surface area (Å²) in [5, 5.41) is 12.4. The Hall–Kier alpha value is -2.20. The second-order valence-electron chi connectivity index (χ2n) is 4.27. The summed E-state index contributed by atoms with van der Waals surface area (Å²) in [5.74, 6) is -0.876. The number of anilines is 1. The van der Waals surface area contributed by atoms with E-state index >= 15 is 0 Å². The predicted molar refractivity (Wildman–Crippen MR) is 71.2 cm³/mol. The molecule has 0 saturated heterocycles. The van der Waals surface area contributed by atoms with Crippen molar-refractivity contribution in [2.45, 2.75) is 13.0 Å². The van der Waals surface area contributed by atoms with Gasteiger partial charge in [-0.2, -0.15) is 0 Å². The molecule has 2 aromatic carbocycles. The summed E-state index contributed by atoms with van der Waals surface area (Å²) in [6, 6.07) is 12.9. The van der Waals surface area contributed by atoms with E-state index in [0.717, 1.165) is 0 Å². The first-order valence-electron chi connectivity index (χ1n) is 5.88. The minimum atomic E-state index is -1.24. The maximum Gasteiger partial charge on any atom is 0.257 e. The van der Waals surface area contributed by atoms with Crippen LogP contribution < -0.4 is 5.32 Å². The summed E-state index contributed by atoms with van der Waals surface area (Å²) < 4.78 is 13.1. The van der Waals surface area contributed by atoms with Crippen LogP contribution in [0.2, 0.25) is 0 Å². The van der Waals surface area contributed by atoms with Gasteiger partial charge in [-0.1, -0.05) is 30.3 Å². The van der Waals surface area contributed by atoms with Gasteiger partial charge in [0.05, 0.1) is 0 Å². The van der Waals surface area contributed by atoms with Crippen molar-refractivity contribution in [3.05, 3.63) is 65.5 Å². The van der Waals surface area contributed by atoms with E-state index in [4.69, 9.17) is 0 Å². The van der Waals surface area contributed by atoms with Gasteiger partial charge in [0.2, 0.25) is 0 Å². The Labute approximate surface area is 110 Å². The molecule has 0 spiro atoms. The fourth-order valence-corrected chi connectivity index (χ4v) is 1.72. The lowest BCUT2D eigenvalue weighted by molar-refractivity contribution is -0.124. The van der Waals surface area contributed by atoms with Crippen LogP contribution >= 0.6 is 0 Å². The van der Waals surface area contributed by atoms with Crippen molar-refractivity contribution in [3.63, 3.8) is 0 Å². The quantitative estimate of drug-likeness (QED) is 0.890. The fourth-order valence-electron chi connectivity index (χ4n) is 1.72. The minimum Gasteiger partial charge on any atom is -0.378 e. The van der Waals surface area contributed by atoms with Crippen LogP contribution in [0.1, 0.15) is 17.2 Å². The van der Waals surface area contributed by atoms with Crippen LogP contribution in [-0.2, 0) is 4.79 Å². The van der Waals surface area contributed by atoms with Crippen LogP contribution in [0.4, 0.5) is 10.1 Å². The number of carbonyl (C=O) groups excluding carboxylic acids is 1. The molecule has 4 heteroatoms. The SMILES string of the molecule is Cc1cc(NC(=O)C(O)c2ccccc2)ccc1F. The molecule has 19 heavy (non-hydrogen) atoms. The van der Waals surface area contributed by atoms with Gasteiger partial charge in [0.25, 0.3) is 5.91 Å². The zero-order valence-corrected chi connectivity index (χ0v) is 10.4. The Kier molecular flexibility index (Phi) is 3.92. The van der Waals surface area contributed by atoms with Crippen molar-refractivity contribution in [2.24, 2.45) is 0 Å². The molecule has 0 heterocycles. The number of rotatable bonds is 3. The maximum atomic E-state index is 13.1. The van der Waals surface area contributed by atoms with Gasteiger partial charge in [-0.05, 0) is 36.2 Å². The lowest BCUT2D eigenvalue weighted by Crippen LogP contribution is -2.20. The number of aliphatic hydroxyl groups is 1. The van der Waals surface area contributed by atoms with E-state index in [1.54, 1.807) is 37.3 Å². The highest BCUT2D eigenvalue weighted by Gasteiger charge is 2.17. The number of carbonyl (C=O) groups is 1. The van der Waals surface area contributed by atoms with Crippen molar-refractivity contribution < 1.29 is 14.3 Å². The first-order valence-corrected chi connectivity index (χ1v) is 5.88. The van der Waals surface area contributed by atoms with E-state index in [0.29, 0.717) is 16.8 Å². The summed E-state index contributed by atoms with van der Waals surface area (Å²) in [6.07, 6.45) is -1.24. The summed E-state index contributed by atoms with van der Waals surface area (Å²) >= 11 is 0. The molecule has 0 aliphatic carbocycles. The third-order valence-electron chi connectivity index (χ3n) is 2.79. The van der Waals surface area contributed by atoms with Crippen LogP contribution in [0.25, 0.3) is 0 Å². The van der Waals surface area contributed by atoms with Crippen LogP contribution in [0.15, 0.2) is 48.5 Å². The number of hydrogen-bond acceptors (Lipinski definition) is 2. The molecule has 1 unspecified atom stereocenters. The molecule has 0 saturated carbocycles. The fraction of sp³-hybridized carbons (Fsp3) is 0.133. The van der Waals surface area contributed by atoms with E-state index < -0.39 is 12.0 Å². The van der Waals surface area contributed by atoms with Crippen molar-refractivity contribution in [3.8, 4) is 0 Å². The Morgan fingerprint density at radius 2 is 1.89 bits per heavy atom. The number of benzene rings is 2. The normalized spacial score (nSPS) is 11.9. The van der Waals surface area contributed by atoms with Crippen molar-refractivity contribution in [1.82, 2.24) is 0 Å². The van der Waals surface area contributed by atoms with E-state index in [1.807, 2.05) is 0 Å². The van der Waals surface area contributed by atoms with E-state index in [1.165, 1.54) is 18.2 Å². The molecule has 0 aromatic heterocycles. The second kappa shape index (κ2) is 5.63. The van der Waals surface area contributed by atoms with Gasteiger partial charge >= 0.3 is 0 Å². The molecule has 0 aliphatic heterocycles. The number of nitrogens with one attached hydrogen (secondary N) is 1. The first kappa shape index (κ1) is 13.2. The number of halogens is 1. The molecule has 0 fully saturated rings. The van der Waals surface area contributed by atoms with Crippen LogP contribution in [-0.4, -0.2) is 11.0 Å². The second-order valence-corrected chi connectivity index (χ2v) is 4.27. The molecule has 0 aliphatic rings. The number of amides is 1. The average molecular weight is 259 g/mol. The van der Waals surface area contributed by atoms with E-state index in [-0.39, 0.29) is 5.82 Å². The van der Waals surface area contributed by atoms with Crippen LogP contribution in [0.5, 0.6) is 0 Å². The number of aryl methyl sites for hydroxylation is 1. The standard InChI is InChI=1S/C15H14FNO2/c1-10-9-12(7-8-13(10)16)17-15(19)14(18)11-5-3-2-4-6-11/h2-9,14,18H,1H3,(H,17,19). The zero-order chi connectivity index (χ0) is 13.8. The Morgan fingerprint density at radius 3 is 2.53 bits per heavy atom. The van der Waals surface area contributed by atoms with Gasteiger partial charge in [0.1, 0.15) is 5.82 Å². The van der Waals surface area contributed by atoms with Gasteiger partial charge in [0.15, 0.2) is 6.10 Å². The molecule has 2 N–H and O–H groups in total. The molecular formula is C15H14FNO2. The summed E-state index contributed by atoms with van der Waals surface area (Å²) in [5.41, 5.74) is 1.41. The predicted octanol–water partition coefficient (Wildman–Crippen LogP) is 2.81. The molecular weight excluding hydrogens is 245 g/mol. The summed E-state index contributed by atoms with van der Waals surface area (Å²) in [7, 11) is 0. The smallest absolute Gasteiger partial charge is 0.257 e. The highest BCUT2D eigenvalue weighted by atomic mass is 19.1. The van der Waals surface area contributed by atoms with Gasteiger partial charge in [-0.3, -0.25) is 4.79 Å². The van der Waals surface area contributed by atoms with Gasteiger partial charge in [-0.25, -0.2) is 4.39 Å². The highest BCUT2D eigenvalue weighted by molar-refractivity contribution is 5.94. The van der Waals surface area contributed by atoms with Gasteiger partial charge in [-0.15, -0.1) is 0 Å². The number of hydrogen-bond donors (Lipinski definition) is 2. The molecule has 0 radical (unpaired) electrons. The summed E-state index contributed by atoms with van der Waals surface area (Å²) in [4.78, 5) is 11.9. The maximum absolute atomic E-state index is 13.1. The molecule has 1 amide bonds. The van der Waals surface area contributed by atoms with Gasteiger partial charge in [0, 0.05) is 5.69 Å². The van der Waals surface area contributed by atoms with Crippen LogP contribution in [0, 0.1) is 12.7 Å². The molecule has 2 rings (SSSR count). The van der Waals surface area contributed by atoms with E-state index in [2.05, 4.69) is 5.32 Å². The van der Waals surface area contributed by atoms with Crippen molar-refractivity contribution in [2.75, 3.05) is 5.32 Å². The molecule has 98 valence electrons. The third-order valence-corrected chi connectivity index (χ3v) is 2.79. The highest BCUT2D eigenvalue weighted by Crippen LogP contribution is 2.17. The monoisotopic (exact) mass is 259 g/mol. The minimum absolute atomic E-state index is 0.332. The topological polar surface area (TPSA) is 49.3 Å². The zero-order valence-electron chi connectivity index (χ0n) is 10.4. The molecule has 1 atom stereocenters. The van der Waals surface area contributed by atoms with Gasteiger partial charge < -0.3 is 10.4 Å². The number of aliphatic hydroxyl groups excluding tert-OH is 1. The Bertz CT molecular complexity index is 584. The Morgan fingerprint density at radius 1 is 1.21 bits per heavy atom. The summed E-state index contributed by atoms with van der Waals surface area (Å²) in [6.45, 7) is 1.61. The first-order chi connectivity index (χ1) is 9.08. The largest absolute Gasteiger partial charge is 0.378 e. The third kappa shape index (κ3) is 3.17.